The average molecular weight is 1100 g/mol. The Kier molecular flexibility index (Phi) is 18.2. The number of carbonyl (C=O) groups excluding carboxylic acids is 3. The predicted octanol–water partition coefficient (Wildman–Crippen LogP) is 10.3. The summed E-state index contributed by atoms with van der Waals surface area (Å²) >= 11 is 0. The molecule has 11 rings (SSSR count). The summed E-state index contributed by atoms with van der Waals surface area (Å²) in [6.07, 6.45) is 17.0. The Bertz CT molecular complexity index is 4320. The van der Waals surface area contributed by atoms with E-state index in [4.69, 9.17) is 9.97 Å². The fourth-order valence-electron chi connectivity index (χ4n) is 8.75. The molecule has 0 radical (unpaired) electrons. The maximum Gasteiger partial charge on any atom is 0.300 e. The van der Waals surface area contributed by atoms with Crippen LogP contribution in [0.15, 0.2) is 171 Å². The Morgan fingerprint density at radius 3 is 1.49 bits per heavy atom. The average Bonchev–Trinajstić information content (AvgIpc) is 4.46. The smallest absolute Gasteiger partial charge is 0.300 e. The van der Waals surface area contributed by atoms with Gasteiger partial charge in [-0.05, 0) is 129 Å². The van der Waals surface area contributed by atoms with E-state index in [0.717, 1.165) is 81.1 Å². The van der Waals surface area contributed by atoms with Crippen molar-refractivity contribution in [3.8, 4) is 53.0 Å². The van der Waals surface area contributed by atoms with Gasteiger partial charge in [0.15, 0.2) is 11.6 Å². The number of fused-ring (bicyclic) bond motifs is 3. The third-order valence-corrected chi connectivity index (χ3v) is 12.4. The van der Waals surface area contributed by atoms with Gasteiger partial charge in [-0.2, -0.15) is 0 Å². The van der Waals surface area contributed by atoms with Gasteiger partial charge in [0, 0.05) is 47.6 Å². The molecule has 83 heavy (non-hydrogen) atoms. The molecule has 410 valence electrons. The highest BCUT2D eigenvalue weighted by molar-refractivity contribution is 6.06. The number of imidazole rings is 3. The summed E-state index contributed by atoms with van der Waals surface area (Å²) in [5, 5.41) is 8.25. The molecule has 18 heteroatoms. The zero-order chi connectivity index (χ0) is 58.1. The second kappa shape index (κ2) is 26.7. The number of aryl methyl sites for hydroxylation is 2. The van der Waals surface area contributed by atoms with Crippen LogP contribution in [0, 0.1) is 40.9 Å². The lowest BCUT2D eigenvalue weighted by molar-refractivity contribution is -0.112. The van der Waals surface area contributed by atoms with E-state index in [1.165, 1.54) is 11.1 Å². The van der Waals surface area contributed by atoms with E-state index >= 15 is 0 Å². The van der Waals surface area contributed by atoms with Crippen molar-refractivity contribution in [3.05, 3.63) is 200 Å². The highest BCUT2D eigenvalue weighted by atomic mass is 16.2. The van der Waals surface area contributed by atoms with Gasteiger partial charge in [-0.3, -0.25) is 38.1 Å². The Morgan fingerprint density at radius 2 is 0.940 bits per heavy atom. The second-order valence-electron chi connectivity index (χ2n) is 19.9. The van der Waals surface area contributed by atoms with E-state index in [1.807, 2.05) is 98.6 Å². The molecule has 0 aliphatic rings. The van der Waals surface area contributed by atoms with Gasteiger partial charge in [0.25, 0.3) is 17.7 Å². The van der Waals surface area contributed by atoms with Gasteiger partial charge in [0.1, 0.15) is 31.1 Å². The van der Waals surface area contributed by atoms with Crippen molar-refractivity contribution >= 4 is 67.9 Å². The van der Waals surface area contributed by atoms with Crippen LogP contribution in [0.4, 0.5) is 17.1 Å². The number of nitrogens with zero attached hydrogens (tertiary/aromatic N) is 12. The fraction of sp³-hybridized carbons (Fsp3) is 0.169. The molecule has 6 aromatic heterocycles. The first-order valence-corrected chi connectivity index (χ1v) is 26.5. The maximum absolute atomic E-state index is 11.7. The molecule has 0 saturated heterocycles. The van der Waals surface area contributed by atoms with Gasteiger partial charge in [-0.15, -0.1) is 0 Å². The Morgan fingerprint density at radius 1 is 0.458 bits per heavy atom. The molecule has 5 aromatic carbocycles. The van der Waals surface area contributed by atoms with Crippen LogP contribution in [0.3, 0.4) is 0 Å². The molecule has 0 spiro atoms. The number of aromatic nitrogens is 12. The molecule has 0 saturated carbocycles. The first-order chi connectivity index (χ1) is 40.3. The van der Waals surface area contributed by atoms with E-state index in [9.17, 15) is 14.4 Å². The van der Waals surface area contributed by atoms with Gasteiger partial charge in [-0.25, -0.2) is 34.9 Å². The molecule has 11 aromatic rings. The molecule has 0 fully saturated rings. The first kappa shape index (κ1) is 56.6. The number of hydrogen-bond acceptors (Lipinski definition) is 12. The Labute approximate surface area is 480 Å². The van der Waals surface area contributed by atoms with Crippen molar-refractivity contribution < 1.29 is 14.4 Å². The van der Waals surface area contributed by atoms with Crippen LogP contribution in [0.2, 0.25) is 0 Å². The highest BCUT2D eigenvalue weighted by Gasteiger charge is 2.16. The van der Waals surface area contributed by atoms with Gasteiger partial charge in [0.05, 0.1) is 56.9 Å². The van der Waals surface area contributed by atoms with Crippen LogP contribution in [0.25, 0.3) is 50.6 Å². The number of nitrogens with one attached hydrogen (secondary N) is 3. The predicted molar refractivity (Wildman–Crippen MR) is 322 cm³/mol. The number of hydrogen-bond donors (Lipinski definition) is 3. The van der Waals surface area contributed by atoms with E-state index in [2.05, 4.69) is 131 Å². The Hall–Kier alpha value is -11.2. The van der Waals surface area contributed by atoms with Crippen molar-refractivity contribution in [3.63, 3.8) is 0 Å². The lowest BCUT2D eigenvalue weighted by Crippen LogP contribution is -2.12. The van der Waals surface area contributed by atoms with Crippen LogP contribution in [-0.2, 0) is 40.1 Å². The Balaban J connectivity index is 0.000000150. The summed E-state index contributed by atoms with van der Waals surface area (Å²) in [6, 6.07) is 39.0. The molecule has 0 aliphatic heterocycles. The molecule has 0 atom stereocenters. The number of rotatable bonds is 12. The number of anilines is 3. The third kappa shape index (κ3) is 15.4. The summed E-state index contributed by atoms with van der Waals surface area (Å²) in [6.45, 7) is 11.4. The van der Waals surface area contributed by atoms with E-state index < -0.39 is 0 Å². The normalized spacial score (nSPS) is 10.6. The minimum atomic E-state index is -0.349. The van der Waals surface area contributed by atoms with Crippen LogP contribution in [0.5, 0.6) is 0 Å². The summed E-state index contributed by atoms with van der Waals surface area (Å²) in [5.41, 5.74) is 12.3. The molecule has 18 nitrogen and oxygen atoms in total. The molecule has 3 amide bonds. The summed E-state index contributed by atoms with van der Waals surface area (Å²) in [7, 11) is 0. The van der Waals surface area contributed by atoms with E-state index in [0.29, 0.717) is 29.3 Å². The van der Waals surface area contributed by atoms with E-state index in [1.54, 1.807) is 83.0 Å². The molecule has 3 N–H and O–H groups in total. The highest BCUT2D eigenvalue weighted by Crippen LogP contribution is 2.25. The fourth-order valence-corrected chi connectivity index (χ4v) is 8.75. The first-order valence-electron chi connectivity index (χ1n) is 26.5. The van der Waals surface area contributed by atoms with Crippen LogP contribution < -0.4 is 16.0 Å². The van der Waals surface area contributed by atoms with Crippen molar-refractivity contribution in [1.82, 2.24) is 58.6 Å². The number of carbonyl (C=O) groups is 3. The van der Waals surface area contributed by atoms with E-state index in [-0.39, 0.29) is 23.1 Å². The lowest BCUT2D eigenvalue weighted by atomic mass is 9.91. The van der Waals surface area contributed by atoms with Crippen LogP contribution in [0.1, 0.15) is 69.8 Å². The summed E-state index contributed by atoms with van der Waals surface area (Å²) in [5.74, 6) is 16.2. The zero-order valence-corrected chi connectivity index (χ0v) is 46.6. The van der Waals surface area contributed by atoms with Gasteiger partial charge in [-0.1, -0.05) is 99.2 Å². The molecule has 0 aliphatic carbocycles. The minimum Gasteiger partial charge on any atom is -0.315 e. The molecule has 0 bridgehead atoms. The van der Waals surface area contributed by atoms with Gasteiger partial charge < -0.3 is 16.0 Å². The monoisotopic (exact) mass is 1100 g/mol. The van der Waals surface area contributed by atoms with Crippen molar-refractivity contribution in [2.24, 2.45) is 5.41 Å². The topological polar surface area (TPSA) is 218 Å². The molecular weight excluding hydrogens is 1040 g/mol. The van der Waals surface area contributed by atoms with Crippen molar-refractivity contribution in [1.29, 1.82) is 0 Å². The zero-order valence-electron chi connectivity index (χ0n) is 46.6. The largest absolute Gasteiger partial charge is 0.315 e. The minimum absolute atomic E-state index is 0.138. The number of amides is 3. The number of benzene rings is 5. The standard InChI is InChI=1S/C23H19N5O.C22H17N5O.C20H21N5O/c1-2-6-23(29)27-19-11-12-20-21(13-19)28(16-26-20)22-14-18(24-15-25-22)10-9-17-7-4-3-5-8-17;1-2-6-22(28)26-17-9-10-19-20(12-17)27(15-24-19)21-14-23-13-18(25-21)11-16-7-4-3-5-8-16;1-5-6-19(26)24-14-7-8-17-16(9-14)22-13-25(17)18-12-21-11-15(23-18)10-20(2,3)4/h3-5,7-8,11-16H,9-10H2,1H3,(H,27,29);3-5,7-10,12-15H,11H2,1H3,(H,26,28);7-9,11-13H,10H2,1-4H3,(H,24,26). The molecular formula is C65H57N15O3. The van der Waals surface area contributed by atoms with Crippen molar-refractivity contribution in [2.45, 2.75) is 67.2 Å². The van der Waals surface area contributed by atoms with Crippen LogP contribution >= 0.6 is 0 Å². The quantitative estimate of drug-likeness (QED) is 0.0974. The second-order valence-corrected chi connectivity index (χ2v) is 19.9. The maximum atomic E-state index is 11.7. The SMILES string of the molecule is CC#CC(=O)Nc1ccc2c(c1)ncn2-c1cncc(CC(C)(C)C)n1.CC#CC(=O)Nc1ccc2ncn(-c3cc(CCc4ccccc4)ncn3)c2c1.CC#CC(=O)Nc1ccc2ncn(-c3cncc(Cc4ccccc4)n3)c2c1. The van der Waals surface area contributed by atoms with Gasteiger partial charge in [0.2, 0.25) is 0 Å². The summed E-state index contributed by atoms with van der Waals surface area (Å²) < 4.78 is 5.65. The van der Waals surface area contributed by atoms with Crippen molar-refractivity contribution in [2.75, 3.05) is 16.0 Å². The lowest BCUT2D eigenvalue weighted by Gasteiger charge is -2.17. The van der Waals surface area contributed by atoms with Crippen LogP contribution in [-0.4, -0.2) is 76.3 Å². The molecule has 6 heterocycles. The summed E-state index contributed by atoms with van der Waals surface area (Å²) in [4.78, 5) is 75.3. The third-order valence-electron chi connectivity index (χ3n) is 12.4. The van der Waals surface area contributed by atoms with Gasteiger partial charge >= 0.3 is 0 Å². The molecule has 0 unspecified atom stereocenters.